The first-order valence-electron chi connectivity index (χ1n) is 21.6. The molecule has 6 N–H and O–H groups in total. The third-order valence-electron chi connectivity index (χ3n) is 10.3. The van der Waals surface area contributed by atoms with Crippen molar-refractivity contribution in [3.63, 3.8) is 0 Å². The van der Waals surface area contributed by atoms with Crippen LogP contribution in [-0.4, -0.2) is 111 Å². The van der Waals surface area contributed by atoms with Crippen molar-refractivity contribution in [3.8, 4) is 0 Å². The number of nitrogens with one attached hydrogen (secondary N) is 3. The number of likely N-dealkylation sites (tertiary alicyclic amines) is 2. The van der Waals surface area contributed by atoms with Crippen LogP contribution in [-0.2, 0) is 44.7 Å². The average Bonchev–Trinajstić information content (AvgIpc) is 3.17. The van der Waals surface area contributed by atoms with Crippen molar-refractivity contribution in [2.75, 3.05) is 49.9 Å². The highest BCUT2D eigenvalue weighted by Crippen LogP contribution is 2.22. The number of fused-ring (bicyclic) bond motifs is 2. The van der Waals surface area contributed by atoms with Gasteiger partial charge in [-0.05, 0) is 142 Å². The zero-order valence-electron chi connectivity index (χ0n) is 36.4. The second-order valence-electron chi connectivity index (χ2n) is 17.9. The van der Waals surface area contributed by atoms with Crippen LogP contribution < -0.4 is 21.7 Å². The number of carbonyl (C=O) groups is 4. The number of ether oxygens (including phenoxy) is 2. The van der Waals surface area contributed by atoms with Crippen LogP contribution in [0, 0.1) is 0 Å². The Morgan fingerprint density at radius 2 is 1.17 bits per heavy atom. The lowest BCUT2D eigenvalue weighted by Crippen LogP contribution is -2.47. The summed E-state index contributed by atoms with van der Waals surface area (Å²) in [6, 6.07) is 8.72. The number of carboxylic acid groups (broad SMARTS) is 1. The molecule has 2 aromatic heterocycles. The van der Waals surface area contributed by atoms with Gasteiger partial charge in [0.15, 0.2) is 0 Å². The molecule has 15 heteroatoms. The number of nitrogens with zero attached hydrogens (tertiary/aromatic N) is 4. The van der Waals surface area contributed by atoms with Crippen molar-refractivity contribution in [2.45, 2.75) is 155 Å². The number of aromatic nitrogens is 2. The van der Waals surface area contributed by atoms with Crippen molar-refractivity contribution >= 4 is 35.7 Å². The van der Waals surface area contributed by atoms with Gasteiger partial charge >= 0.3 is 18.2 Å². The van der Waals surface area contributed by atoms with Gasteiger partial charge in [-0.15, -0.1) is 0 Å². The first kappa shape index (κ1) is 47.0. The Hall–Kier alpha value is -4.66. The molecule has 4 aliphatic rings. The number of carboxylic acids is 1. The van der Waals surface area contributed by atoms with Crippen LogP contribution in [0.3, 0.4) is 0 Å². The number of carbonyl (C=O) groups excluding carboxylic acids is 3. The van der Waals surface area contributed by atoms with Gasteiger partial charge in [0.1, 0.15) is 22.8 Å². The minimum absolute atomic E-state index is 0.0804. The van der Waals surface area contributed by atoms with Gasteiger partial charge in [0.2, 0.25) is 5.91 Å². The first-order chi connectivity index (χ1) is 27.9. The molecular weight excluding hydrogens is 753 g/mol. The maximum absolute atomic E-state index is 12.3. The molecule has 4 aliphatic heterocycles. The number of hydrogen-bond acceptors (Lipinski definition) is 11. The SMILES string of the molecule is CC(C)(C)OC(=O)N1CCC(N)CC1.CC(C)(C)OC(=O)N1CCC(NC(=O)CCCc2ccc3c(n2)NCCC3)CC1.O=C(O)CCCc1ccc2c(n1)NCCC2. The Morgan fingerprint density at radius 1 is 0.729 bits per heavy atom. The molecule has 2 saturated heterocycles. The quantitative estimate of drug-likeness (QED) is 0.185. The molecule has 0 spiro atoms. The molecule has 15 nitrogen and oxygen atoms in total. The molecule has 6 rings (SSSR count). The van der Waals surface area contributed by atoms with E-state index in [4.69, 9.17) is 20.3 Å². The van der Waals surface area contributed by atoms with Gasteiger partial charge in [0.25, 0.3) is 0 Å². The minimum Gasteiger partial charge on any atom is -0.481 e. The van der Waals surface area contributed by atoms with E-state index in [0.29, 0.717) is 25.9 Å². The lowest BCUT2D eigenvalue weighted by molar-refractivity contribution is -0.137. The molecule has 59 heavy (non-hydrogen) atoms. The van der Waals surface area contributed by atoms with E-state index in [1.54, 1.807) is 9.80 Å². The van der Waals surface area contributed by atoms with Crippen LogP contribution in [0.1, 0.15) is 128 Å². The van der Waals surface area contributed by atoms with Crippen LogP contribution in [0.2, 0.25) is 0 Å². The fourth-order valence-corrected chi connectivity index (χ4v) is 7.11. The molecule has 328 valence electrons. The molecule has 0 aliphatic carbocycles. The minimum atomic E-state index is -0.740. The molecule has 2 aromatic rings. The van der Waals surface area contributed by atoms with Crippen LogP contribution in [0.5, 0.6) is 0 Å². The number of aryl methyl sites for hydroxylation is 4. The number of anilines is 2. The van der Waals surface area contributed by atoms with E-state index in [1.807, 2.05) is 47.6 Å². The van der Waals surface area contributed by atoms with Crippen LogP contribution >= 0.6 is 0 Å². The van der Waals surface area contributed by atoms with Gasteiger partial charge < -0.3 is 46.1 Å². The highest BCUT2D eigenvalue weighted by molar-refractivity contribution is 5.76. The van der Waals surface area contributed by atoms with E-state index < -0.39 is 17.2 Å². The zero-order valence-corrected chi connectivity index (χ0v) is 36.4. The van der Waals surface area contributed by atoms with Gasteiger partial charge in [0, 0.05) is 75.6 Å². The lowest BCUT2D eigenvalue weighted by atomic mass is 10.0. The van der Waals surface area contributed by atoms with Gasteiger partial charge in [-0.2, -0.15) is 0 Å². The predicted molar refractivity (Wildman–Crippen MR) is 230 cm³/mol. The van der Waals surface area contributed by atoms with E-state index in [9.17, 15) is 19.2 Å². The topological polar surface area (TPSA) is 201 Å². The van der Waals surface area contributed by atoms with Gasteiger partial charge in [-0.25, -0.2) is 19.6 Å². The first-order valence-corrected chi connectivity index (χ1v) is 21.6. The molecule has 0 saturated carbocycles. The lowest BCUT2D eigenvalue weighted by Gasteiger charge is -2.33. The van der Waals surface area contributed by atoms with E-state index in [2.05, 4.69) is 44.1 Å². The summed E-state index contributed by atoms with van der Waals surface area (Å²) in [5.74, 6) is 1.34. The summed E-state index contributed by atoms with van der Waals surface area (Å²) in [6.45, 7) is 15.9. The summed E-state index contributed by atoms with van der Waals surface area (Å²) in [5.41, 5.74) is 9.44. The standard InChI is InChI=1S/C22H34N4O3.C12H16N2O2.C10H20N2O2/c1-22(2,3)29-21(28)26-14-11-18(12-15-26)24-19(27)8-4-7-17-10-9-16-6-5-13-23-20(16)25-17;15-11(16)5-1-4-10-7-6-9-3-2-8-13-12(9)14-10;1-10(2,3)14-9(13)12-6-4-8(11)5-7-12/h9-10,18H,4-8,11-15H2,1-3H3,(H,23,25)(H,24,27);6-7H,1-5,8H2,(H,13,14)(H,15,16);8H,4-7,11H2,1-3H3. The van der Waals surface area contributed by atoms with E-state index in [1.165, 1.54) is 11.1 Å². The third kappa shape index (κ3) is 17.6. The average molecular weight is 823 g/mol. The van der Waals surface area contributed by atoms with Crippen LogP contribution in [0.25, 0.3) is 0 Å². The maximum atomic E-state index is 12.3. The fourth-order valence-electron chi connectivity index (χ4n) is 7.11. The predicted octanol–water partition coefficient (Wildman–Crippen LogP) is 6.47. The highest BCUT2D eigenvalue weighted by atomic mass is 16.6. The van der Waals surface area contributed by atoms with E-state index in [0.717, 1.165) is 120 Å². The molecule has 0 radical (unpaired) electrons. The summed E-state index contributed by atoms with van der Waals surface area (Å²) in [7, 11) is 0. The van der Waals surface area contributed by atoms with Crippen molar-refractivity contribution in [1.29, 1.82) is 0 Å². The number of pyridine rings is 2. The Bertz CT molecular complexity index is 1680. The van der Waals surface area contributed by atoms with Gasteiger partial charge in [-0.3, -0.25) is 9.59 Å². The molecule has 2 fully saturated rings. The van der Waals surface area contributed by atoms with E-state index >= 15 is 0 Å². The summed E-state index contributed by atoms with van der Waals surface area (Å²) in [4.78, 5) is 59.0. The van der Waals surface area contributed by atoms with Crippen molar-refractivity contribution in [3.05, 3.63) is 46.8 Å². The van der Waals surface area contributed by atoms with E-state index in [-0.39, 0.29) is 36.6 Å². The van der Waals surface area contributed by atoms with Crippen molar-refractivity contribution in [2.24, 2.45) is 5.73 Å². The fraction of sp³-hybridized carbons (Fsp3) is 0.682. The summed E-state index contributed by atoms with van der Waals surface area (Å²) >= 11 is 0. The summed E-state index contributed by atoms with van der Waals surface area (Å²) in [5, 5.41) is 18.3. The molecule has 0 atom stereocenters. The molecule has 0 bridgehead atoms. The number of rotatable bonds is 9. The normalized spacial score (nSPS) is 16.9. The third-order valence-corrected chi connectivity index (χ3v) is 10.3. The maximum Gasteiger partial charge on any atom is 0.410 e. The summed E-state index contributed by atoms with van der Waals surface area (Å²) < 4.78 is 10.7. The van der Waals surface area contributed by atoms with Crippen LogP contribution in [0.15, 0.2) is 24.3 Å². The monoisotopic (exact) mass is 823 g/mol. The number of amides is 3. The summed E-state index contributed by atoms with van der Waals surface area (Å²) in [6.07, 6.45) is 11.0. The number of piperidine rings is 2. The second-order valence-corrected chi connectivity index (χ2v) is 17.9. The molecular formula is C44H70N8O7. The van der Waals surface area contributed by atoms with Crippen molar-refractivity contribution in [1.82, 2.24) is 25.1 Å². The van der Waals surface area contributed by atoms with Gasteiger partial charge in [0.05, 0.1) is 0 Å². The Labute approximate surface area is 351 Å². The smallest absolute Gasteiger partial charge is 0.410 e. The number of hydrogen-bond donors (Lipinski definition) is 5. The van der Waals surface area contributed by atoms with Crippen molar-refractivity contribution < 1.29 is 33.8 Å². The number of nitrogens with two attached hydrogens (primary N) is 1. The number of aliphatic carboxylic acids is 1. The second kappa shape index (κ2) is 22.6. The van der Waals surface area contributed by atoms with Crippen LogP contribution in [0.4, 0.5) is 21.2 Å². The molecule has 6 heterocycles. The Balaban J connectivity index is 0.000000216. The Kier molecular flexibility index (Phi) is 18.0. The zero-order chi connectivity index (χ0) is 43.0. The highest BCUT2D eigenvalue weighted by Gasteiger charge is 2.28. The molecule has 0 aromatic carbocycles. The largest absolute Gasteiger partial charge is 0.481 e. The van der Waals surface area contributed by atoms with Gasteiger partial charge in [-0.1, -0.05) is 12.1 Å². The molecule has 0 unspecified atom stereocenters. The molecule has 3 amide bonds. The Morgan fingerprint density at radius 3 is 1.61 bits per heavy atom.